The number of nitrogens with one attached hydrogen (secondary N) is 2. The first-order valence-electron chi connectivity index (χ1n) is 8.24. The quantitative estimate of drug-likeness (QED) is 0.792. The molecule has 0 saturated heterocycles. The van der Waals surface area contributed by atoms with Gasteiger partial charge in [0, 0.05) is 5.69 Å². The van der Waals surface area contributed by atoms with Crippen LogP contribution < -0.4 is 10.6 Å². The third kappa shape index (κ3) is 6.63. The second-order valence-electron chi connectivity index (χ2n) is 6.11. The summed E-state index contributed by atoms with van der Waals surface area (Å²) in [6.07, 6.45) is 0. The highest BCUT2D eigenvalue weighted by atomic mass is 32.2. The van der Waals surface area contributed by atoms with Crippen molar-refractivity contribution in [2.45, 2.75) is 26.8 Å². The lowest BCUT2D eigenvalue weighted by atomic mass is 10.1. The predicted octanol–water partition coefficient (Wildman–Crippen LogP) is 3.85. The molecule has 25 heavy (non-hydrogen) atoms. The van der Waals surface area contributed by atoms with E-state index in [1.165, 1.54) is 17.3 Å². The summed E-state index contributed by atoms with van der Waals surface area (Å²) >= 11 is 1.31. The molecule has 0 aliphatic carbocycles. The van der Waals surface area contributed by atoms with E-state index in [0.717, 1.165) is 16.8 Å². The number of thioether (sulfide) groups is 1. The van der Waals surface area contributed by atoms with Crippen molar-refractivity contribution in [3.63, 3.8) is 0 Å². The molecule has 0 aliphatic heterocycles. The van der Waals surface area contributed by atoms with Crippen LogP contribution in [0.5, 0.6) is 0 Å². The number of rotatable bonds is 7. The molecule has 0 saturated carbocycles. The van der Waals surface area contributed by atoms with Crippen LogP contribution in [0.1, 0.15) is 29.7 Å². The Bertz CT molecular complexity index is 729. The molecule has 4 nitrogen and oxygen atoms in total. The molecule has 0 heterocycles. The van der Waals surface area contributed by atoms with E-state index in [-0.39, 0.29) is 29.4 Å². The molecule has 0 bridgehead atoms. The van der Waals surface area contributed by atoms with Crippen LogP contribution in [0.3, 0.4) is 0 Å². The number of aryl methyl sites for hydroxylation is 2. The zero-order valence-corrected chi connectivity index (χ0v) is 15.7. The summed E-state index contributed by atoms with van der Waals surface area (Å²) in [5, 5.41) is 5.79. The van der Waals surface area contributed by atoms with Gasteiger partial charge in [-0.05, 0) is 44.0 Å². The molecule has 2 rings (SSSR count). The Kier molecular flexibility index (Phi) is 7.07. The number of hydrogen-bond acceptors (Lipinski definition) is 3. The molecular formula is C20H24N2O2S. The minimum atomic E-state index is -0.102. The van der Waals surface area contributed by atoms with Crippen LogP contribution in [0.15, 0.2) is 48.5 Å². The molecule has 5 heteroatoms. The first-order chi connectivity index (χ1) is 11.9. The van der Waals surface area contributed by atoms with Crippen LogP contribution in [0.4, 0.5) is 5.69 Å². The van der Waals surface area contributed by atoms with Crippen molar-refractivity contribution < 1.29 is 9.59 Å². The summed E-state index contributed by atoms with van der Waals surface area (Å²) in [4.78, 5) is 23.9. The molecule has 0 spiro atoms. The van der Waals surface area contributed by atoms with Gasteiger partial charge < -0.3 is 10.6 Å². The average Bonchev–Trinajstić information content (AvgIpc) is 2.55. The van der Waals surface area contributed by atoms with Crippen molar-refractivity contribution in [2.75, 3.05) is 16.8 Å². The van der Waals surface area contributed by atoms with E-state index in [1.54, 1.807) is 0 Å². The average molecular weight is 356 g/mol. The summed E-state index contributed by atoms with van der Waals surface area (Å²) in [5.74, 6) is 0.342. The van der Waals surface area contributed by atoms with Crippen LogP contribution in [0.25, 0.3) is 0 Å². The van der Waals surface area contributed by atoms with Gasteiger partial charge in [-0.25, -0.2) is 0 Å². The van der Waals surface area contributed by atoms with Crippen molar-refractivity contribution in [1.29, 1.82) is 0 Å². The molecule has 2 N–H and O–H groups in total. The van der Waals surface area contributed by atoms with E-state index in [4.69, 9.17) is 0 Å². The van der Waals surface area contributed by atoms with Crippen molar-refractivity contribution >= 4 is 29.3 Å². The number of anilines is 1. The standard InChI is InChI=1S/C20H24N2O2S/c1-14-7-9-17(10-8-14)16(3)21-19(23)12-25-13-20(24)22-18-6-4-5-15(2)11-18/h4-11,16H,12-13H2,1-3H3,(H,21,23)(H,22,24). The lowest BCUT2D eigenvalue weighted by Gasteiger charge is -2.14. The molecule has 0 radical (unpaired) electrons. The monoisotopic (exact) mass is 356 g/mol. The number of benzene rings is 2. The van der Waals surface area contributed by atoms with Crippen LogP contribution in [0, 0.1) is 13.8 Å². The van der Waals surface area contributed by atoms with Crippen LogP contribution in [0.2, 0.25) is 0 Å². The van der Waals surface area contributed by atoms with Crippen LogP contribution >= 0.6 is 11.8 Å². The number of carbonyl (C=O) groups excluding carboxylic acids is 2. The second-order valence-corrected chi connectivity index (χ2v) is 7.10. The summed E-state index contributed by atoms with van der Waals surface area (Å²) in [7, 11) is 0. The minimum Gasteiger partial charge on any atom is -0.349 e. The Balaban J connectivity index is 1.71. The summed E-state index contributed by atoms with van der Waals surface area (Å²) in [6.45, 7) is 5.97. The molecule has 132 valence electrons. The first-order valence-corrected chi connectivity index (χ1v) is 9.39. The maximum atomic E-state index is 12.0. The van der Waals surface area contributed by atoms with Gasteiger partial charge in [0.15, 0.2) is 0 Å². The molecule has 0 fully saturated rings. The smallest absolute Gasteiger partial charge is 0.234 e. The zero-order valence-electron chi connectivity index (χ0n) is 14.8. The molecule has 0 aliphatic rings. The van der Waals surface area contributed by atoms with E-state index in [0.29, 0.717) is 0 Å². The number of carbonyl (C=O) groups is 2. The van der Waals surface area contributed by atoms with E-state index >= 15 is 0 Å². The summed E-state index contributed by atoms with van der Waals surface area (Å²) in [5.41, 5.74) is 4.14. The van der Waals surface area contributed by atoms with Crippen molar-refractivity contribution in [2.24, 2.45) is 0 Å². The van der Waals surface area contributed by atoms with Crippen molar-refractivity contribution in [1.82, 2.24) is 5.32 Å². The van der Waals surface area contributed by atoms with Crippen LogP contribution in [-0.4, -0.2) is 23.3 Å². The highest BCUT2D eigenvalue weighted by Crippen LogP contribution is 2.14. The van der Waals surface area contributed by atoms with Crippen molar-refractivity contribution in [3.8, 4) is 0 Å². The normalized spacial score (nSPS) is 11.6. The Hall–Kier alpha value is -2.27. The highest BCUT2D eigenvalue weighted by molar-refractivity contribution is 8.00. The number of hydrogen-bond donors (Lipinski definition) is 2. The largest absolute Gasteiger partial charge is 0.349 e. The van der Waals surface area contributed by atoms with Crippen LogP contribution in [-0.2, 0) is 9.59 Å². The van der Waals surface area contributed by atoms with Crippen molar-refractivity contribution in [3.05, 3.63) is 65.2 Å². The van der Waals surface area contributed by atoms with Gasteiger partial charge in [0.2, 0.25) is 11.8 Å². The fourth-order valence-corrected chi connectivity index (χ4v) is 3.01. The van der Waals surface area contributed by atoms with Gasteiger partial charge in [-0.2, -0.15) is 0 Å². The molecule has 1 atom stereocenters. The van der Waals surface area contributed by atoms with Gasteiger partial charge in [0.25, 0.3) is 0 Å². The molecule has 2 aromatic rings. The van der Waals surface area contributed by atoms with E-state index in [2.05, 4.69) is 10.6 Å². The van der Waals surface area contributed by atoms with E-state index in [1.807, 2.05) is 69.3 Å². The zero-order chi connectivity index (χ0) is 18.2. The Morgan fingerprint density at radius 1 is 0.960 bits per heavy atom. The number of amides is 2. The third-order valence-corrected chi connectivity index (χ3v) is 4.66. The first kappa shape index (κ1) is 19.1. The van der Waals surface area contributed by atoms with Gasteiger partial charge in [-0.3, -0.25) is 9.59 Å². The topological polar surface area (TPSA) is 58.2 Å². The summed E-state index contributed by atoms with van der Waals surface area (Å²) in [6, 6.07) is 15.7. The van der Waals surface area contributed by atoms with E-state index in [9.17, 15) is 9.59 Å². The Morgan fingerprint density at radius 2 is 1.64 bits per heavy atom. The van der Waals surface area contributed by atoms with Gasteiger partial charge in [-0.15, -0.1) is 11.8 Å². The lowest BCUT2D eigenvalue weighted by Crippen LogP contribution is -2.28. The maximum absolute atomic E-state index is 12.0. The Labute approximate surface area is 153 Å². The van der Waals surface area contributed by atoms with Gasteiger partial charge >= 0.3 is 0 Å². The fraction of sp³-hybridized carbons (Fsp3) is 0.300. The highest BCUT2D eigenvalue weighted by Gasteiger charge is 2.10. The minimum absolute atomic E-state index is 0.0465. The molecule has 2 aromatic carbocycles. The summed E-state index contributed by atoms with van der Waals surface area (Å²) < 4.78 is 0. The molecule has 1 unspecified atom stereocenters. The molecular weight excluding hydrogens is 332 g/mol. The predicted molar refractivity (Wildman–Crippen MR) is 105 cm³/mol. The Morgan fingerprint density at radius 3 is 2.32 bits per heavy atom. The molecule has 0 aromatic heterocycles. The maximum Gasteiger partial charge on any atom is 0.234 e. The second kappa shape index (κ2) is 9.28. The van der Waals surface area contributed by atoms with Gasteiger partial charge in [0.1, 0.15) is 0 Å². The molecule has 2 amide bonds. The fourth-order valence-electron chi connectivity index (χ4n) is 2.38. The van der Waals surface area contributed by atoms with E-state index < -0.39 is 0 Å². The third-order valence-electron chi connectivity index (χ3n) is 3.72. The van der Waals surface area contributed by atoms with Gasteiger partial charge in [-0.1, -0.05) is 42.0 Å². The lowest BCUT2D eigenvalue weighted by molar-refractivity contribution is -0.119. The SMILES string of the molecule is Cc1ccc(C(C)NC(=O)CSCC(=O)Nc2cccc(C)c2)cc1. The van der Waals surface area contributed by atoms with Gasteiger partial charge in [0.05, 0.1) is 17.5 Å².